The molecule has 1 aromatic heterocycles. The van der Waals surface area contributed by atoms with Gasteiger partial charge in [0.05, 0.1) is 4.21 Å². The second kappa shape index (κ2) is 7.89. The quantitative estimate of drug-likeness (QED) is 0.607. The van der Waals surface area contributed by atoms with Crippen LogP contribution in [0.4, 0.5) is 9.18 Å². The van der Waals surface area contributed by atoms with E-state index in [1.165, 1.54) is 23.9 Å². The number of carboxylic acid groups (broad SMARTS) is 1. The van der Waals surface area contributed by atoms with Crippen molar-refractivity contribution in [3.63, 3.8) is 0 Å². The summed E-state index contributed by atoms with van der Waals surface area (Å²) in [5.41, 5.74) is -0.190. The normalized spacial score (nSPS) is 12.9. The van der Waals surface area contributed by atoms with E-state index in [4.69, 9.17) is 5.11 Å². The van der Waals surface area contributed by atoms with Crippen molar-refractivity contribution >= 4 is 45.1 Å². The fraction of sp³-hybridized carbons (Fsp3) is 0.353. The number of halogens is 2. The van der Waals surface area contributed by atoms with Crippen LogP contribution in [0.15, 0.2) is 43.9 Å². The van der Waals surface area contributed by atoms with E-state index in [2.05, 4.69) is 21.2 Å². The van der Waals surface area contributed by atoms with E-state index in [0.29, 0.717) is 6.42 Å². The maximum atomic E-state index is 13.3. The molecule has 0 fully saturated rings. The van der Waals surface area contributed by atoms with E-state index in [-0.39, 0.29) is 17.3 Å². The summed E-state index contributed by atoms with van der Waals surface area (Å²) in [4.78, 5) is 12.9. The van der Waals surface area contributed by atoms with Crippen LogP contribution >= 0.6 is 39.0 Å². The predicted octanol–water partition coefficient (Wildman–Crippen LogP) is 6.03. The zero-order valence-electron chi connectivity index (χ0n) is 13.6. The standard InChI is InChI=1S/C17H19BrFNO2S2/c1-17(2,3)14(20-16(21)22)9-12-8-13(18)15(24-12)23-11-6-4-5-10(19)7-11/h4-8,14,20H,9H2,1-3H3,(H,21,22). The van der Waals surface area contributed by atoms with Gasteiger partial charge in [-0.2, -0.15) is 0 Å². The molecule has 1 unspecified atom stereocenters. The van der Waals surface area contributed by atoms with Crippen molar-refractivity contribution in [1.82, 2.24) is 5.32 Å². The molecule has 2 rings (SSSR count). The van der Waals surface area contributed by atoms with Crippen LogP contribution in [0.5, 0.6) is 0 Å². The zero-order chi connectivity index (χ0) is 17.9. The minimum atomic E-state index is -1.01. The van der Waals surface area contributed by atoms with Crippen molar-refractivity contribution in [2.45, 2.75) is 42.3 Å². The first-order valence-electron chi connectivity index (χ1n) is 7.36. The molecule has 0 saturated carbocycles. The Kier molecular flexibility index (Phi) is 6.33. The molecule has 2 aromatic rings. The molecule has 2 N–H and O–H groups in total. The molecule has 0 aliphatic heterocycles. The first-order valence-corrected chi connectivity index (χ1v) is 9.79. The second-order valence-electron chi connectivity index (χ2n) is 6.48. The Labute approximate surface area is 157 Å². The Hall–Kier alpha value is -1.05. The minimum Gasteiger partial charge on any atom is -0.465 e. The van der Waals surface area contributed by atoms with Crippen LogP contribution in [-0.4, -0.2) is 17.2 Å². The maximum absolute atomic E-state index is 13.3. The number of rotatable bonds is 5. The predicted molar refractivity (Wildman–Crippen MR) is 101 cm³/mol. The molecule has 0 saturated heterocycles. The summed E-state index contributed by atoms with van der Waals surface area (Å²) < 4.78 is 15.3. The van der Waals surface area contributed by atoms with Gasteiger partial charge >= 0.3 is 6.09 Å². The summed E-state index contributed by atoms with van der Waals surface area (Å²) in [6.45, 7) is 6.04. The first kappa shape index (κ1) is 19.3. The monoisotopic (exact) mass is 431 g/mol. The van der Waals surface area contributed by atoms with Crippen LogP contribution in [0.2, 0.25) is 0 Å². The summed E-state index contributed by atoms with van der Waals surface area (Å²) in [5.74, 6) is -0.258. The van der Waals surface area contributed by atoms with Crippen LogP contribution in [0.25, 0.3) is 0 Å². The third-order valence-electron chi connectivity index (χ3n) is 3.46. The van der Waals surface area contributed by atoms with Gasteiger partial charge in [-0.05, 0) is 45.6 Å². The van der Waals surface area contributed by atoms with E-state index in [1.54, 1.807) is 17.4 Å². The Morgan fingerprint density at radius 1 is 1.42 bits per heavy atom. The van der Waals surface area contributed by atoms with Crippen molar-refractivity contribution < 1.29 is 14.3 Å². The highest BCUT2D eigenvalue weighted by atomic mass is 79.9. The lowest BCUT2D eigenvalue weighted by Gasteiger charge is -2.30. The molecule has 1 amide bonds. The van der Waals surface area contributed by atoms with Crippen LogP contribution in [0.3, 0.4) is 0 Å². The van der Waals surface area contributed by atoms with Crippen LogP contribution < -0.4 is 5.32 Å². The Morgan fingerprint density at radius 3 is 2.71 bits per heavy atom. The topological polar surface area (TPSA) is 49.3 Å². The van der Waals surface area contributed by atoms with Crippen molar-refractivity contribution in [3.05, 3.63) is 45.5 Å². The van der Waals surface area contributed by atoms with E-state index in [1.807, 2.05) is 32.9 Å². The molecule has 130 valence electrons. The zero-order valence-corrected chi connectivity index (χ0v) is 16.8. The highest BCUT2D eigenvalue weighted by Gasteiger charge is 2.27. The van der Waals surface area contributed by atoms with Gasteiger partial charge in [-0.1, -0.05) is 38.6 Å². The molecule has 0 aliphatic carbocycles. The molecular weight excluding hydrogens is 413 g/mol. The molecule has 7 heteroatoms. The van der Waals surface area contributed by atoms with Gasteiger partial charge < -0.3 is 10.4 Å². The Bertz CT molecular complexity index is 728. The number of amides is 1. The number of benzene rings is 1. The van der Waals surface area contributed by atoms with Crippen molar-refractivity contribution in [1.29, 1.82) is 0 Å². The number of hydrogen-bond donors (Lipinski definition) is 2. The van der Waals surface area contributed by atoms with Gasteiger partial charge in [0, 0.05) is 26.7 Å². The van der Waals surface area contributed by atoms with Crippen molar-refractivity contribution in [2.75, 3.05) is 0 Å². The molecule has 3 nitrogen and oxygen atoms in total. The lowest BCUT2D eigenvalue weighted by molar-refractivity contribution is 0.174. The minimum absolute atomic E-state index is 0.187. The Balaban J connectivity index is 2.16. The lowest BCUT2D eigenvalue weighted by Crippen LogP contribution is -2.44. The van der Waals surface area contributed by atoms with E-state index in [0.717, 1.165) is 18.5 Å². The van der Waals surface area contributed by atoms with Crippen molar-refractivity contribution in [2.24, 2.45) is 5.41 Å². The van der Waals surface area contributed by atoms with Crippen molar-refractivity contribution in [3.8, 4) is 0 Å². The first-order chi connectivity index (χ1) is 11.1. The average molecular weight is 432 g/mol. The number of nitrogens with one attached hydrogen (secondary N) is 1. The van der Waals surface area contributed by atoms with Gasteiger partial charge in [0.2, 0.25) is 0 Å². The van der Waals surface area contributed by atoms with Crippen LogP contribution in [0, 0.1) is 11.2 Å². The van der Waals surface area contributed by atoms with Gasteiger partial charge in [-0.15, -0.1) is 11.3 Å². The number of thiophene rings is 1. The fourth-order valence-electron chi connectivity index (χ4n) is 2.13. The summed E-state index contributed by atoms with van der Waals surface area (Å²) in [6.07, 6.45) is -0.400. The molecule has 1 aromatic carbocycles. The third kappa shape index (κ3) is 5.50. The smallest absolute Gasteiger partial charge is 0.404 e. The SMILES string of the molecule is CC(C)(C)C(Cc1cc(Br)c(Sc2cccc(F)c2)s1)NC(=O)O. The molecule has 1 atom stereocenters. The van der Waals surface area contributed by atoms with Gasteiger partial charge in [-0.25, -0.2) is 9.18 Å². The summed E-state index contributed by atoms with van der Waals surface area (Å²) in [6, 6.07) is 8.29. The lowest BCUT2D eigenvalue weighted by atomic mass is 9.84. The molecule has 0 aliphatic rings. The number of hydrogen-bond acceptors (Lipinski definition) is 3. The summed E-state index contributed by atoms with van der Waals surface area (Å²) in [7, 11) is 0. The molecule has 0 spiro atoms. The molecule has 0 radical (unpaired) electrons. The van der Waals surface area contributed by atoms with E-state index in [9.17, 15) is 9.18 Å². The van der Waals surface area contributed by atoms with Gasteiger partial charge in [0.25, 0.3) is 0 Å². The fourth-order valence-corrected chi connectivity index (χ4v) is 5.33. The highest BCUT2D eigenvalue weighted by molar-refractivity contribution is 9.10. The van der Waals surface area contributed by atoms with Gasteiger partial charge in [0.1, 0.15) is 5.82 Å². The second-order valence-corrected chi connectivity index (χ2v) is 9.81. The van der Waals surface area contributed by atoms with Crippen LogP contribution in [0.1, 0.15) is 25.6 Å². The number of carbonyl (C=O) groups is 1. The van der Waals surface area contributed by atoms with Crippen LogP contribution in [-0.2, 0) is 6.42 Å². The molecular formula is C17H19BrFNO2S2. The largest absolute Gasteiger partial charge is 0.465 e. The average Bonchev–Trinajstić information content (AvgIpc) is 2.77. The molecule has 1 heterocycles. The summed E-state index contributed by atoms with van der Waals surface area (Å²) in [5, 5.41) is 11.7. The van der Waals surface area contributed by atoms with E-state index >= 15 is 0 Å². The summed E-state index contributed by atoms with van der Waals surface area (Å²) >= 11 is 6.63. The van der Waals surface area contributed by atoms with Gasteiger partial charge in [0.15, 0.2) is 0 Å². The molecule has 0 bridgehead atoms. The maximum Gasteiger partial charge on any atom is 0.404 e. The Morgan fingerprint density at radius 2 is 2.12 bits per heavy atom. The van der Waals surface area contributed by atoms with Gasteiger partial charge in [-0.3, -0.25) is 0 Å². The third-order valence-corrected chi connectivity index (χ3v) is 6.96. The highest BCUT2D eigenvalue weighted by Crippen LogP contribution is 2.41. The van der Waals surface area contributed by atoms with E-state index < -0.39 is 6.09 Å². The molecule has 24 heavy (non-hydrogen) atoms.